The van der Waals surface area contributed by atoms with Gasteiger partial charge in [-0.1, -0.05) is 26.0 Å². The molecule has 220 valence electrons. The Balaban J connectivity index is 0.00000216. The molecule has 2 heterocycles. The summed E-state index contributed by atoms with van der Waals surface area (Å²) in [6.07, 6.45) is 3.23. The molecule has 2 N–H and O–H groups in total. The van der Waals surface area contributed by atoms with Crippen molar-refractivity contribution < 1.29 is 19.1 Å². The van der Waals surface area contributed by atoms with E-state index in [9.17, 15) is 9.59 Å². The van der Waals surface area contributed by atoms with Crippen molar-refractivity contribution in [2.45, 2.75) is 71.6 Å². The lowest BCUT2D eigenvalue weighted by atomic mass is 9.91. The summed E-state index contributed by atoms with van der Waals surface area (Å²) in [4.78, 5) is 30.2. The van der Waals surface area contributed by atoms with Crippen LogP contribution < -0.4 is 15.5 Å². The number of piperidine rings is 1. The fraction of sp³-hybridized carbons (Fsp3) is 0.562. The quantitative estimate of drug-likeness (QED) is 0.444. The molecule has 1 amide bonds. The Bertz CT molecular complexity index is 1100. The van der Waals surface area contributed by atoms with Gasteiger partial charge in [-0.15, -0.1) is 0 Å². The molecule has 0 bridgehead atoms. The van der Waals surface area contributed by atoms with Gasteiger partial charge in [-0.05, 0) is 95.6 Å². The molecule has 0 aliphatic carbocycles. The van der Waals surface area contributed by atoms with Gasteiger partial charge in [0.25, 0.3) is 0 Å². The number of nitrogens with one attached hydrogen (secondary N) is 2. The number of rotatable bonds is 8. The van der Waals surface area contributed by atoms with Gasteiger partial charge in [0.1, 0.15) is 11.6 Å². The number of fused-ring (bicyclic) bond motifs is 1. The zero-order valence-electron chi connectivity index (χ0n) is 25.4. The lowest BCUT2D eigenvalue weighted by Gasteiger charge is -2.37. The highest BCUT2D eigenvalue weighted by Crippen LogP contribution is 2.33. The number of benzene rings is 2. The number of likely N-dealkylation sites (N-methyl/N-ethyl adjacent to an activating group) is 1. The number of esters is 1. The summed E-state index contributed by atoms with van der Waals surface area (Å²) < 4.78 is 11.5. The minimum atomic E-state index is -0.557. The number of anilines is 2. The van der Waals surface area contributed by atoms with Crippen LogP contribution >= 0.6 is 0 Å². The molecule has 8 heteroatoms. The Kier molecular flexibility index (Phi) is 11.5. The fourth-order valence-corrected chi connectivity index (χ4v) is 5.02. The van der Waals surface area contributed by atoms with Crippen molar-refractivity contribution in [3.8, 4) is 0 Å². The van der Waals surface area contributed by atoms with Gasteiger partial charge in [0.2, 0.25) is 5.91 Å². The van der Waals surface area contributed by atoms with Gasteiger partial charge in [0.05, 0.1) is 18.3 Å². The SMILES string of the molecule is CC.CN(C)CCOC1CCN(c2cccc3c2CCNC3C(=O)Nc2ccc(C(=O)OC(C)(C)C)cc2)CC1. The highest BCUT2D eigenvalue weighted by Gasteiger charge is 2.30. The van der Waals surface area contributed by atoms with E-state index < -0.39 is 11.6 Å². The largest absolute Gasteiger partial charge is 0.456 e. The van der Waals surface area contributed by atoms with Gasteiger partial charge in [-0.25, -0.2) is 4.79 Å². The van der Waals surface area contributed by atoms with Crippen LogP contribution in [0.3, 0.4) is 0 Å². The summed E-state index contributed by atoms with van der Waals surface area (Å²) in [7, 11) is 4.13. The first-order valence-electron chi connectivity index (χ1n) is 14.6. The monoisotopic (exact) mass is 552 g/mol. The zero-order valence-corrected chi connectivity index (χ0v) is 25.4. The maximum atomic E-state index is 13.3. The average molecular weight is 553 g/mol. The van der Waals surface area contributed by atoms with E-state index in [-0.39, 0.29) is 11.9 Å². The van der Waals surface area contributed by atoms with E-state index in [1.807, 2.05) is 34.6 Å². The van der Waals surface area contributed by atoms with Gasteiger partial charge >= 0.3 is 5.97 Å². The van der Waals surface area contributed by atoms with Crippen LogP contribution in [0.1, 0.15) is 75.0 Å². The van der Waals surface area contributed by atoms with Gasteiger partial charge in [0.15, 0.2) is 0 Å². The number of ether oxygens (including phenoxy) is 2. The molecule has 1 fully saturated rings. The Morgan fingerprint density at radius 3 is 2.35 bits per heavy atom. The molecular formula is C32H48N4O4. The lowest BCUT2D eigenvalue weighted by molar-refractivity contribution is -0.118. The normalized spacial score (nSPS) is 17.5. The molecule has 0 aromatic heterocycles. The van der Waals surface area contributed by atoms with Crippen LogP contribution in [0.5, 0.6) is 0 Å². The predicted octanol–water partition coefficient (Wildman–Crippen LogP) is 5.04. The van der Waals surface area contributed by atoms with Crippen LogP contribution in [0.4, 0.5) is 11.4 Å². The van der Waals surface area contributed by atoms with Crippen molar-refractivity contribution in [1.82, 2.24) is 10.2 Å². The smallest absolute Gasteiger partial charge is 0.338 e. The number of hydrogen-bond donors (Lipinski definition) is 2. The Hall–Kier alpha value is -2.94. The lowest BCUT2D eigenvalue weighted by Crippen LogP contribution is -2.41. The van der Waals surface area contributed by atoms with Crippen LogP contribution in [-0.2, 0) is 20.7 Å². The molecule has 40 heavy (non-hydrogen) atoms. The van der Waals surface area contributed by atoms with Crippen molar-refractivity contribution in [1.29, 1.82) is 0 Å². The van der Waals surface area contributed by atoms with Gasteiger partial charge in [0, 0.05) is 37.6 Å². The first kappa shape index (κ1) is 31.6. The second-order valence-electron chi connectivity index (χ2n) is 11.4. The van der Waals surface area contributed by atoms with Gasteiger partial charge in [-0.2, -0.15) is 0 Å². The summed E-state index contributed by atoms with van der Waals surface area (Å²) in [5.74, 6) is -0.490. The highest BCUT2D eigenvalue weighted by atomic mass is 16.6. The molecule has 2 aliphatic rings. The van der Waals surface area contributed by atoms with Gasteiger partial charge < -0.3 is 29.9 Å². The summed E-state index contributed by atoms with van der Waals surface area (Å²) in [6, 6.07) is 12.7. The van der Waals surface area contributed by atoms with Crippen molar-refractivity contribution in [3.05, 3.63) is 59.2 Å². The summed E-state index contributed by atoms with van der Waals surface area (Å²) in [5.41, 5.74) is 4.05. The van der Waals surface area contributed by atoms with Crippen molar-refractivity contribution >= 4 is 23.3 Å². The van der Waals surface area contributed by atoms with E-state index in [4.69, 9.17) is 9.47 Å². The minimum Gasteiger partial charge on any atom is -0.456 e. The standard InChI is InChI=1S/C30H42N4O4.C2H6/c1-30(2,3)38-29(36)21-9-11-22(12-10-21)32-28(35)27-25-7-6-8-26(24(25)13-16-31-27)34-17-14-23(15-18-34)37-20-19-33(4)5;1-2/h6-12,23,27,31H,13-20H2,1-5H3,(H,32,35);1-2H3. The maximum absolute atomic E-state index is 13.3. The highest BCUT2D eigenvalue weighted by molar-refractivity contribution is 5.97. The van der Waals surface area contributed by atoms with Crippen LogP contribution in [0.2, 0.25) is 0 Å². The molecule has 1 unspecified atom stereocenters. The van der Waals surface area contributed by atoms with Crippen molar-refractivity contribution in [3.63, 3.8) is 0 Å². The predicted molar refractivity (Wildman–Crippen MR) is 162 cm³/mol. The zero-order chi connectivity index (χ0) is 29.3. The molecule has 1 atom stereocenters. The van der Waals surface area contributed by atoms with Gasteiger partial charge in [-0.3, -0.25) is 4.79 Å². The molecule has 8 nitrogen and oxygen atoms in total. The third kappa shape index (κ3) is 8.78. The third-order valence-electron chi connectivity index (χ3n) is 6.95. The number of hydrogen-bond acceptors (Lipinski definition) is 7. The summed E-state index contributed by atoms with van der Waals surface area (Å²) >= 11 is 0. The van der Waals surface area contributed by atoms with Crippen LogP contribution in [-0.4, -0.2) is 75.4 Å². The molecule has 1 saturated heterocycles. The number of amides is 1. The second-order valence-corrected chi connectivity index (χ2v) is 11.4. The van der Waals surface area contributed by atoms with E-state index in [0.717, 1.165) is 57.6 Å². The summed E-state index contributed by atoms with van der Waals surface area (Å²) in [6.45, 7) is 13.9. The van der Waals surface area contributed by atoms with E-state index in [1.54, 1.807) is 24.3 Å². The first-order valence-corrected chi connectivity index (χ1v) is 14.6. The Morgan fingerprint density at radius 2 is 1.73 bits per heavy atom. The minimum absolute atomic E-state index is 0.110. The Morgan fingerprint density at radius 1 is 1.05 bits per heavy atom. The number of carbonyl (C=O) groups excluding carboxylic acids is 2. The van der Waals surface area contributed by atoms with Crippen LogP contribution in [0.15, 0.2) is 42.5 Å². The molecule has 0 saturated carbocycles. The first-order chi connectivity index (χ1) is 19.1. The second kappa shape index (κ2) is 14.6. The van der Waals surface area contributed by atoms with Crippen molar-refractivity contribution in [2.75, 3.05) is 57.1 Å². The molecular weight excluding hydrogens is 504 g/mol. The average Bonchev–Trinajstić information content (AvgIpc) is 2.93. The van der Waals surface area contributed by atoms with E-state index in [0.29, 0.717) is 17.4 Å². The molecule has 2 aromatic rings. The molecule has 2 aromatic carbocycles. The topological polar surface area (TPSA) is 83.1 Å². The number of nitrogens with zero attached hydrogens (tertiary/aromatic N) is 2. The molecule has 0 radical (unpaired) electrons. The third-order valence-corrected chi connectivity index (χ3v) is 6.95. The molecule has 4 rings (SSSR count). The van der Waals surface area contributed by atoms with E-state index in [1.165, 1.54) is 11.3 Å². The fourth-order valence-electron chi connectivity index (χ4n) is 5.02. The molecule has 2 aliphatic heterocycles. The number of carbonyl (C=O) groups is 2. The Labute approximate surface area is 240 Å². The van der Waals surface area contributed by atoms with E-state index in [2.05, 4.69) is 52.7 Å². The summed E-state index contributed by atoms with van der Waals surface area (Å²) in [5, 5.41) is 6.40. The van der Waals surface area contributed by atoms with Crippen LogP contribution in [0, 0.1) is 0 Å². The van der Waals surface area contributed by atoms with Crippen LogP contribution in [0.25, 0.3) is 0 Å². The van der Waals surface area contributed by atoms with Crippen molar-refractivity contribution in [2.24, 2.45) is 0 Å². The van der Waals surface area contributed by atoms with E-state index >= 15 is 0 Å². The maximum Gasteiger partial charge on any atom is 0.338 e. The molecule has 0 spiro atoms.